The Bertz CT molecular complexity index is 856. The number of fused-ring (bicyclic) bond motifs is 1. The zero-order chi connectivity index (χ0) is 16.1. The maximum Gasteiger partial charge on any atom is 0.191 e. The van der Waals surface area contributed by atoms with Crippen molar-refractivity contribution in [3.8, 4) is 5.75 Å². The van der Waals surface area contributed by atoms with Crippen molar-refractivity contribution in [2.24, 2.45) is 5.10 Å². The second-order valence-electron chi connectivity index (χ2n) is 4.81. The van der Waals surface area contributed by atoms with Gasteiger partial charge >= 0.3 is 0 Å². The zero-order valence-corrected chi connectivity index (χ0v) is 13.4. The molecule has 1 heterocycles. The van der Waals surface area contributed by atoms with Crippen molar-refractivity contribution in [1.29, 1.82) is 0 Å². The van der Waals surface area contributed by atoms with Gasteiger partial charge in [0.2, 0.25) is 0 Å². The van der Waals surface area contributed by atoms with Gasteiger partial charge in [0, 0.05) is 22.7 Å². The van der Waals surface area contributed by atoms with Gasteiger partial charge in [-0.1, -0.05) is 30.3 Å². The molecule has 5 nitrogen and oxygen atoms in total. The van der Waals surface area contributed by atoms with E-state index in [4.69, 9.17) is 17.0 Å². The second-order valence-corrected chi connectivity index (χ2v) is 5.22. The third kappa shape index (κ3) is 3.49. The Hall–Kier alpha value is -2.86. The SMILES string of the molecule is COc1ccccc1NC(=S)NN=Cc1c[nH]c2ccccc12. The molecule has 0 spiro atoms. The predicted octanol–water partition coefficient (Wildman–Crippen LogP) is 3.50. The molecule has 3 N–H and O–H groups in total. The third-order valence-corrected chi connectivity index (χ3v) is 3.54. The molecule has 3 rings (SSSR count). The molecule has 0 saturated carbocycles. The lowest BCUT2D eigenvalue weighted by Crippen LogP contribution is -2.24. The van der Waals surface area contributed by atoms with Gasteiger partial charge in [-0.25, -0.2) is 0 Å². The smallest absolute Gasteiger partial charge is 0.191 e. The molecule has 23 heavy (non-hydrogen) atoms. The highest BCUT2D eigenvalue weighted by molar-refractivity contribution is 7.80. The van der Waals surface area contributed by atoms with Crippen molar-refractivity contribution in [3.05, 3.63) is 60.3 Å². The lowest BCUT2D eigenvalue weighted by molar-refractivity contribution is 0.417. The van der Waals surface area contributed by atoms with Crippen LogP contribution in [-0.2, 0) is 0 Å². The summed E-state index contributed by atoms with van der Waals surface area (Å²) in [6.07, 6.45) is 3.64. The van der Waals surface area contributed by atoms with E-state index >= 15 is 0 Å². The Morgan fingerprint density at radius 1 is 1.17 bits per heavy atom. The van der Waals surface area contributed by atoms with Crippen LogP contribution < -0.4 is 15.5 Å². The maximum atomic E-state index is 5.27. The number of aromatic nitrogens is 1. The van der Waals surface area contributed by atoms with Crippen LogP contribution in [0.25, 0.3) is 10.9 Å². The number of anilines is 1. The van der Waals surface area contributed by atoms with Crippen LogP contribution in [0.2, 0.25) is 0 Å². The number of H-pyrrole nitrogens is 1. The molecule has 0 aliphatic heterocycles. The standard InChI is InChI=1S/C17H16N4OS/c1-22-16-9-5-4-8-15(16)20-17(23)21-19-11-12-10-18-14-7-3-2-6-13(12)14/h2-11,18H,1H3,(H2,20,21,23). The number of methoxy groups -OCH3 is 1. The number of hydrogen-bond donors (Lipinski definition) is 3. The average Bonchev–Trinajstić information content (AvgIpc) is 2.99. The molecule has 0 aliphatic rings. The van der Waals surface area contributed by atoms with Gasteiger partial charge in [-0.2, -0.15) is 5.10 Å². The van der Waals surface area contributed by atoms with Crippen LogP contribution in [0.15, 0.2) is 59.8 Å². The molecule has 116 valence electrons. The van der Waals surface area contributed by atoms with Crippen LogP contribution in [0.1, 0.15) is 5.56 Å². The first-order valence-corrected chi connectivity index (χ1v) is 7.48. The van der Waals surface area contributed by atoms with E-state index in [2.05, 4.69) is 20.8 Å². The molecule has 3 aromatic rings. The molecule has 0 unspecified atom stereocenters. The molecule has 1 aromatic heterocycles. The average molecular weight is 324 g/mol. The summed E-state index contributed by atoms with van der Waals surface area (Å²) in [5.74, 6) is 0.720. The number of hydrazone groups is 1. The quantitative estimate of drug-likeness (QED) is 0.390. The molecular formula is C17H16N4OS. The summed E-state index contributed by atoms with van der Waals surface area (Å²) >= 11 is 5.23. The minimum absolute atomic E-state index is 0.394. The number of hydrogen-bond acceptors (Lipinski definition) is 3. The second kappa shape index (κ2) is 6.93. The first-order chi connectivity index (χ1) is 11.3. The van der Waals surface area contributed by atoms with Gasteiger partial charge in [-0.05, 0) is 30.4 Å². The summed E-state index contributed by atoms with van der Waals surface area (Å²) in [6, 6.07) is 15.6. The monoisotopic (exact) mass is 324 g/mol. The number of aromatic amines is 1. The van der Waals surface area contributed by atoms with Gasteiger partial charge in [0.15, 0.2) is 5.11 Å². The van der Waals surface area contributed by atoms with E-state index in [1.165, 1.54) is 0 Å². The Labute approximate surface area is 139 Å². The first-order valence-electron chi connectivity index (χ1n) is 7.07. The van der Waals surface area contributed by atoms with Crippen molar-refractivity contribution in [3.63, 3.8) is 0 Å². The number of thiocarbonyl (C=S) groups is 1. The predicted molar refractivity (Wildman–Crippen MR) is 98.2 cm³/mol. The van der Waals surface area contributed by atoms with Crippen molar-refractivity contribution in [2.75, 3.05) is 12.4 Å². The highest BCUT2D eigenvalue weighted by Gasteiger charge is 2.03. The summed E-state index contributed by atoms with van der Waals surface area (Å²) in [4.78, 5) is 3.20. The van der Waals surface area contributed by atoms with Crippen molar-refractivity contribution >= 4 is 40.1 Å². The van der Waals surface area contributed by atoms with Crippen molar-refractivity contribution < 1.29 is 4.74 Å². The van der Waals surface area contributed by atoms with Crippen LogP contribution in [0.3, 0.4) is 0 Å². The fraction of sp³-hybridized carbons (Fsp3) is 0.0588. The van der Waals surface area contributed by atoms with Gasteiger partial charge in [0.1, 0.15) is 5.75 Å². The number of para-hydroxylation sites is 3. The van der Waals surface area contributed by atoms with E-state index < -0.39 is 0 Å². The minimum atomic E-state index is 0.394. The molecule has 2 aromatic carbocycles. The van der Waals surface area contributed by atoms with E-state index in [-0.39, 0.29) is 0 Å². The van der Waals surface area contributed by atoms with Crippen LogP contribution in [0, 0.1) is 0 Å². The number of benzene rings is 2. The summed E-state index contributed by atoms with van der Waals surface area (Å²) in [5, 5.41) is 8.74. The van der Waals surface area contributed by atoms with Crippen molar-refractivity contribution in [1.82, 2.24) is 10.4 Å². The van der Waals surface area contributed by atoms with Gasteiger partial charge in [0.25, 0.3) is 0 Å². The first kappa shape index (κ1) is 15.1. The summed E-state index contributed by atoms with van der Waals surface area (Å²) in [5.41, 5.74) is 5.66. The van der Waals surface area contributed by atoms with E-state index in [0.717, 1.165) is 27.9 Å². The number of ether oxygens (including phenoxy) is 1. The topological polar surface area (TPSA) is 61.4 Å². The van der Waals surface area contributed by atoms with E-state index in [9.17, 15) is 0 Å². The van der Waals surface area contributed by atoms with Gasteiger partial charge < -0.3 is 15.0 Å². The largest absolute Gasteiger partial charge is 0.495 e. The molecule has 0 radical (unpaired) electrons. The minimum Gasteiger partial charge on any atom is -0.495 e. The van der Waals surface area contributed by atoms with Gasteiger partial charge in [0.05, 0.1) is 19.0 Å². The third-order valence-electron chi connectivity index (χ3n) is 3.35. The van der Waals surface area contributed by atoms with Crippen LogP contribution >= 0.6 is 12.2 Å². The highest BCUT2D eigenvalue weighted by atomic mass is 32.1. The fourth-order valence-electron chi connectivity index (χ4n) is 2.26. The highest BCUT2D eigenvalue weighted by Crippen LogP contribution is 2.22. The Morgan fingerprint density at radius 2 is 1.96 bits per heavy atom. The fourth-order valence-corrected chi connectivity index (χ4v) is 2.42. The Kier molecular flexibility index (Phi) is 4.54. The Balaban J connectivity index is 1.65. The van der Waals surface area contributed by atoms with Crippen LogP contribution in [0.4, 0.5) is 5.69 Å². The molecule has 0 saturated heterocycles. The molecule has 0 bridgehead atoms. The number of nitrogens with zero attached hydrogens (tertiary/aromatic N) is 1. The molecular weight excluding hydrogens is 308 g/mol. The van der Waals surface area contributed by atoms with E-state index in [0.29, 0.717) is 5.11 Å². The lowest BCUT2D eigenvalue weighted by atomic mass is 10.2. The number of rotatable bonds is 4. The summed E-state index contributed by atoms with van der Waals surface area (Å²) in [7, 11) is 1.62. The number of nitrogens with one attached hydrogen (secondary N) is 3. The summed E-state index contributed by atoms with van der Waals surface area (Å²) < 4.78 is 5.27. The zero-order valence-electron chi connectivity index (χ0n) is 12.5. The van der Waals surface area contributed by atoms with E-state index in [1.54, 1.807) is 13.3 Å². The van der Waals surface area contributed by atoms with E-state index in [1.807, 2.05) is 54.7 Å². The van der Waals surface area contributed by atoms with Gasteiger partial charge in [-0.15, -0.1) is 0 Å². The molecule has 0 amide bonds. The maximum absolute atomic E-state index is 5.27. The summed E-state index contributed by atoms with van der Waals surface area (Å²) in [6.45, 7) is 0. The molecule has 0 fully saturated rings. The molecule has 6 heteroatoms. The normalized spacial score (nSPS) is 10.8. The Morgan fingerprint density at radius 3 is 2.83 bits per heavy atom. The van der Waals surface area contributed by atoms with Crippen LogP contribution in [0.5, 0.6) is 5.75 Å². The van der Waals surface area contributed by atoms with Crippen molar-refractivity contribution in [2.45, 2.75) is 0 Å². The molecule has 0 atom stereocenters. The van der Waals surface area contributed by atoms with Gasteiger partial charge in [-0.3, -0.25) is 5.43 Å². The lowest BCUT2D eigenvalue weighted by Gasteiger charge is -2.10. The van der Waals surface area contributed by atoms with Crippen LogP contribution in [-0.4, -0.2) is 23.4 Å². The molecule has 0 aliphatic carbocycles.